The van der Waals surface area contributed by atoms with Crippen molar-refractivity contribution >= 4 is 58.3 Å². The van der Waals surface area contributed by atoms with Gasteiger partial charge in [-0.2, -0.15) is 0 Å². The zero-order valence-electron chi connectivity index (χ0n) is 36.3. The Hall–Kier alpha value is -7.52. The van der Waals surface area contributed by atoms with Crippen molar-refractivity contribution in [3.05, 3.63) is 95.7 Å². The van der Waals surface area contributed by atoms with Gasteiger partial charge in [0.1, 0.15) is 41.7 Å². The molecule has 0 aliphatic heterocycles. The highest BCUT2D eigenvalue weighted by molar-refractivity contribution is 5.97. The molecule has 3 aromatic carbocycles. The van der Waals surface area contributed by atoms with Crippen LogP contribution in [0.1, 0.15) is 49.8 Å². The molecule has 0 aliphatic rings. The first-order valence-corrected chi connectivity index (χ1v) is 21.0. The van der Waals surface area contributed by atoms with Crippen molar-refractivity contribution in [2.24, 2.45) is 11.7 Å². The third-order valence-corrected chi connectivity index (χ3v) is 10.3. The van der Waals surface area contributed by atoms with Crippen LogP contribution in [0.5, 0.6) is 11.5 Å². The highest BCUT2D eigenvalue weighted by Gasteiger charge is 2.32. The van der Waals surface area contributed by atoms with E-state index >= 15 is 0 Å². The molecule has 0 fully saturated rings. The number of carbonyl (C=O) groups excluding carboxylic acids is 6. The summed E-state index contributed by atoms with van der Waals surface area (Å²) in [7, 11) is 0. The number of benzene rings is 3. The van der Waals surface area contributed by atoms with E-state index in [4.69, 9.17) is 5.73 Å². The van der Waals surface area contributed by atoms with Crippen molar-refractivity contribution in [1.29, 1.82) is 0 Å². The van der Waals surface area contributed by atoms with E-state index < -0.39 is 110 Å². The first-order chi connectivity index (χ1) is 31.3. The van der Waals surface area contributed by atoms with Gasteiger partial charge in [0, 0.05) is 36.4 Å². The molecule has 14 N–H and O–H groups in total. The second-order valence-corrected chi connectivity index (χ2v) is 16.1. The summed E-state index contributed by atoms with van der Waals surface area (Å²) in [5.74, 6) is -8.38. The summed E-state index contributed by atoms with van der Waals surface area (Å²) in [6.45, 7) is 1.77. The van der Waals surface area contributed by atoms with Gasteiger partial charge in [-0.3, -0.25) is 33.6 Å². The lowest BCUT2D eigenvalue weighted by molar-refractivity contribution is -0.142. The minimum absolute atomic E-state index is 0.000966. The molecule has 6 atom stereocenters. The molecule has 4 rings (SSSR count). The van der Waals surface area contributed by atoms with Gasteiger partial charge in [-0.1, -0.05) is 56.3 Å². The Labute approximate surface area is 378 Å². The first-order valence-electron chi connectivity index (χ1n) is 21.0. The van der Waals surface area contributed by atoms with Gasteiger partial charge in [0.05, 0.1) is 19.2 Å². The highest BCUT2D eigenvalue weighted by Crippen LogP contribution is 2.20. The fourth-order valence-corrected chi connectivity index (χ4v) is 6.84. The number of aliphatic hydroxyl groups is 1. The first kappa shape index (κ1) is 51.1. The topological polar surface area (TPSA) is 352 Å². The number of aliphatic hydroxyl groups excluding tert-OH is 1. The zero-order chi connectivity index (χ0) is 48.5. The number of phenols is 2. The number of aromatic hydroxyl groups is 2. The second-order valence-electron chi connectivity index (χ2n) is 16.1. The van der Waals surface area contributed by atoms with Crippen LogP contribution in [0, 0.1) is 5.92 Å². The number of nitrogens with one attached hydrogen (secondary N) is 7. The molecular formula is C45H56N8O13. The number of H-pyrrole nitrogens is 1. The van der Waals surface area contributed by atoms with E-state index in [0.717, 1.165) is 10.9 Å². The normalized spacial score (nSPS) is 13.8. The Balaban J connectivity index is 1.45. The van der Waals surface area contributed by atoms with Gasteiger partial charge >= 0.3 is 11.9 Å². The monoisotopic (exact) mass is 916 g/mol. The molecule has 0 unspecified atom stereocenters. The molecule has 4 aromatic rings. The molecule has 21 nitrogen and oxygen atoms in total. The number of amides is 6. The van der Waals surface area contributed by atoms with E-state index in [1.54, 1.807) is 56.4 Å². The Bertz CT molecular complexity index is 2340. The van der Waals surface area contributed by atoms with Gasteiger partial charge in [0.2, 0.25) is 35.4 Å². The molecule has 0 aliphatic carbocycles. The molecule has 0 saturated carbocycles. The van der Waals surface area contributed by atoms with Crippen LogP contribution in [0.25, 0.3) is 10.9 Å². The van der Waals surface area contributed by atoms with Crippen LogP contribution >= 0.6 is 0 Å². The van der Waals surface area contributed by atoms with Crippen molar-refractivity contribution in [3.8, 4) is 11.5 Å². The molecule has 1 aromatic heterocycles. The molecule has 21 heteroatoms. The predicted octanol–water partition coefficient (Wildman–Crippen LogP) is -0.538. The van der Waals surface area contributed by atoms with Crippen LogP contribution in [0.2, 0.25) is 0 Å². The number of para-hydroxylation sites is 1. The number of aliphatic carboxylic acids is 2. The Kier molecular flexibility index (Phi) is 19.0. The number of aromatic amines is 1. The van der Waals surface area contributed by atoms with Crippen LogP contribution in [-0.4, -0.2) is 127 Å². The van der Waals surface area contributed by atoms with Crippen LogP contribution < -0.4 is 37.6 Å². The fourth-order valence-electron chi connectivity index (χ4n) is 6.84. The van der Waals surface area contributed by atoms with Crippen LogP contribution in [0.3, 0.4) is 0 Å². The summed E-state index contributed by atoms with van der Waals surface area (Å²) in [5, 5.41) is 63.9. The van der Waals surface area contributed by atoms with Gasteiger partial charge in [0.15, 0.2) is 0 Å². The van der Waals surface area contributed by atoms with Crippen LogP contribution in [-0.2, 0) is 57.6 Å². The molecule has 6 amide bonds. The van der Waals surface area contributed by atoms with Crippen molar-refractivity contribution in [3.63, 3.8) is 0 Å². The Morgan fingerprint density at radius 3 is 1.73 bits per heavy atom. The van der Waals surface area contributed by atoms with Crippen molar-refractivity contribution in [2.45, 2.75) is 88.6 Å². The van der Waals surface area contributed by atoms with Crippen molar-refractivity contribution < 1.29 is 63.9 Å². The number of hydrogen-bond acceptors (Lipinski definition) is 12. The predicted molar refractivity (Wildman–Crippen MR) is 237 cm³/mol. The maximum atomic E-state index is 13.8. The maximum Gasteiger partial charge on any atom is 0.326 e. The fraction of sp³-hybridized carbons (Fsp3) is 0.378. The lowest BCUT2D eigenvalue weighted by Crippen LogP contribution is -2.59. The lowest BCUT2D eigenvalue weighted by atomic mass is 10.0. The standard InChI is InChI=1S/C45H56N8O13/c1-24(2)17-36(45(65)66)52-44(64)35(20-27-21-47-32-6-4-3-5-30(27)32)49-38(57)22-48-41(61)37(23-54)53-42(62)33(15-16-39(58)59)50-43(63)34(19-26-9-13-29(56)14-10-26)51-40(60)31(46)18-25-7-11-28(55)12-8-25/h3-14,21,24,31,33-37,47,54-56H,15-20,22-23,46H2,1-2H3,(H,48,61)(H,49,57)(H,50,63)(H,51,60)(H,52,64)(H,53,62)(H,58,59)(H,65,66)/t31-,33-,34-,35-,36-,37-/m0/s1. The number of carboxylic acids is 2. The number of fused-ring (bicyclic) bond motifs is 1. The summed E-state index contributed by atoms with van der Waals surface area (Å²) in [5.41, 5.74) is 8.59. The summed E-state index contributed by atoms with van der Waals surface area (Å²) in [6, 6.07) is 10.2. The number of hydrogen-bond donors (Lipinski definition) is 13. The minimum atomic E-state index is -1.74. The number of nitrogens with two attached hydrogens (primary N) is 1. The molecule has 0 radical (unpaired) electrons. The van der Waals surface area contributed by atoms with Gasteiger partial charge < -0.3 is 68.2 Å². The summed E-state index contributed by atoms with van der Waals surface area (Å²) in [4.78, 5) is 107. The van der Waals surface area contributed by atoms with E-state index in [-0.39, 0.29) is 43.1 Å². The van der Waals surface area contributed by atoms with Crippen molar-refractivity contribution in [1.82, 2.24) is 36.9 Å². The molecule has 0 bridgehead atoms. The molecule has 0 saturated heterocycles. The number of carbonyl (C=O) groups is 8. The third-order valence-electron chi connectivity index (χ3n) is 10.3. The van der Waals surface area contributed by atoms with Crippen LogP contribution in [0.4, 0.5) is 0 Å². The minimum Gasteiger partial charge on any atom is -0.508 e. The zero-order valence-corrected chi connectivity index (χ0v) is 36.3. The number of carboxylic acid groups (broad SMARTS) is 2. The van der Waals surface area contributed by atoms with Gasteiger partial charge in [-0.15, -0.1) is 0 Å². The molecule has 0 spiro atoms. The Morgan fingerprint density at radius 1 is 0.621 bits per heavy atom. The van der Waals surface area contributed by atoms with E-state index in [1.807, 2.05) is 0 Å². The van der Waals surface area contributed by atoms with Gasteiger partial charge in [-0.05, 0) is 72.2 Å². The molecule has 354 valence electrons. The quantitative estimate of drug-likeness (QED) is 0.0398. The van der Waals surface area contributed by atoms with E-state index in [1.165, 1.54) is 36.4 Å². The smallest absolute Gasteiger partial charge is 0.326 e. The van der Waals surface area contributed by atoms with E-state index in [9.17, 15) is 63.9 Å². The average Bonchev–Trinajstić information content (AvgIpc) is 3.68. The lowest BCUT2D eigenvalue weighted by Gasteiger charge is -2.25. The third kappa shape index (κ3) is 15.9. The maximum absolute atomic E-state index is 13.8. The average molecular weight is 917 g/mol. The number of aromatic nitrogens is 1. The Morgan fingerprint density at radius 2 is 1.15 bits per heavy atom. The van der Waals surface area contributed by atoms with E-state index in [2.05, 4.69) is 36.9 Å². The highest BCUT2D eigenvalue weighted by atomic mass is 16.4. The van der Waals surface area contributed by atoms with E-state index in [0.29, 0.717) is 16.7 Å². The van der Waals surface area contributed by atoms with Gasteiger partial charge in [-0.25, -0.2) is 4.79 Å². The molecule has 66 heavy (non-hydrogen) atoms. The molecular weight excluding hydrogens is 861 g/mol. The number of rotatable bonds is 25. The largest absolute Gasteiger partial charge is 0.508 e. The number of phenolic OH excluding ortho intramolecular Hbond substituents is 2. The summed E-state index contributed by atoms with van der Waals surface area (Å²) >= 11 is 0. The second kappa shape index (κ2) is 24.5. The summed E-state index contributed by atoms with van der Waals surface area (Å²) < 4.78 is 0. The van der Waals surface area contributed by atoms with Crippen molar-refractivity contribution in [2.75, 3.05) is 13.2 Å². The van der Waals surface area contributed by atoms with Gasteiger partial charge in [0.25, 0.3) is 0 Å². The summed E-state index contributed by atoms with van der Waals surface area (Å²) in [6.07, 6.45) is 0.369. The molecule has 1 heterocycles. The SMILES string of the molecule is CC(C)C[C@H](NC(=O)[C@H](Cc1c[nH]c2ccccc12)NC(=O)CNC(=O)[C@H](CO)NC(=O)[C@H](CCC(=O)O)NC(=O)[C@H](Cc1ccc(O)cc1)NC(=O)[C@@H](N)Cc1ccc(O)cc1)C(=O)O. The van der Waals surface area contributed by atoms with Crippen LogP contribution in [0.15, 0.2) is 79.0 Å².